The van der Waals surface area contributed by atoms with E-state index >= 15 is 0 Å². The maximum absolute atomic E-state index is 13.0. The highest BCUT2D eigenvalue weighted by molar-refractivity contribution is 6.26. The van der Waals surface area contributed by atoms with Crippen molar-refractivity contribution in [2.75, 3.05) is 0 Å². The fourth-order valence-electron chi connectivity index (χ4n) is 3.80. The van der Waals surface area contributed by atoms with Gasteiger partial charge in [-0.3, -0.25) is 9.59 Å². The number of rotatable bonds is 2. The van der Waals surface area contributed by atoms with Crippen LogP contribution in [0.5, 0.6) is 0 Å². The lowest BCUT2D eigenvalue weighted by Crippen LogP contribution is -2.42. The average Bonchev–Trinajstić information content (AvgIpc) is 3.42. The molecule has 0 aliphatic heterocycles. The Morgan fingerprint density at radius 2 is 1.64 bits per heavy atom. The molecule has 22 heavy (non-hydrogen) atoms. The molecule has 4 heteroatoms. The third-order valence-electron chi connectivity index (χ3n) is 5.07. The number of benzene rings is 1. The summed E-state index contributed by atoms with van der Waals surface area (Å²) in [7, 11) is 0. The Balaban J connectivity index is 1.85. The van der Waals surface area contributed by atoms with Crippen molar-refractivity contribution in [1.82, 2.24) is 4.57 Å². The summed E-state index contributed by atoms with van der Waals surface area (Å²) < 4.78 is 4.29. The number of ketones is 2. The second kappa shape index (κ2) is 3.94. The van der Waals surface area contributed by atoms with Crippen molar-refractivity contribution >= 4 is 11.6 Å². The van der Waals surface area contributed by atoms with E-state index in [9.17, 15) is 9.59 Å². The van der Waals surface area contributed by atoms with Crippen molar-refractivity contribution in [2.45, 2.75) is 44.7 Å². The quantitative estimate of drug-likeness (QED) is 0.681. The lowest BCUT2D eigenvalue weighted by Gasteiger charge is -2.12. The Kier molecular flexibility index (Phi) is 2.21. The zero-order valence-corrected chi connectivity index (χ0v) is 12.5. The smallest absolute Gasteiger partial charge is 0.254 e. The molecule has 110 valence electrons. The van der Waals surface area contributed by atoms with Crippen molar-refractivity contribution in [1.29, 1.82) is 0 Å². The van der Waals surface area contributed by atoms with E-state index in [1.807, 2.05) is 12.1 Å². The topological polar surface area (TPSA) is 43.0 Å². The van der Waals surface area contributed by atoms with Crippen LogP contribution in [-0.4, -0.2) is 16.1 Å². The Labute approximate surface area is 128 Å². The van der Waals surface area contributed by atoms with Crippen molar-refractivity contribution in [2.24, 2.45) is 0 Å². The molecular formula is C18H17N2O2+. The van der Waals surface area contributed by atoms with Gasteiger partial charge >= 0.3 is 0 Å². The molecule has 0 N–H and O–H groups in total. The molecule has 0 amide bonds. The molecule has 1 heterocycles. The normalized spacial score (nSPS) is 20.0. The second-order valence-corrected chi connectivity index (χ2v) is 6.65. The van der Waals surface area contributed by atoms with Gasteiger partial charge in [-0.05, 0) is 25.7 Å². The van der Waals surface area contributed by atoms with E-state index in [-0.39, 0.29) is 11.6 Å². The summed E-state index contributed by atoms with van der Waals surface area (Å²) in [6, 6.07) is 8.02. The van der Waals surface area contributed by atoms with E-state index in [4.69, 9.17) is 0 Å². The van der Waals surface area contributed by atoms with Crippen LogP contribution in [0.4, 0.5) is 0 Å². The van der Waals surface area contributed by atoms with Crippen LogP contribution in [0.3, 0.4) is 0 Å². The molecule has 2 saturated carbocycles. The molecule has 3 aliphatic carbocycles. The summed E-state index contributed by atoms with van der Waals surface area (Å²) in [6.07, 6.45) is 4.43. The maximum Gasteiger partial charge on any atom is 0.254 e. The molecule has 0 saturated heterocycles. The first-order chi connectivity index (χ1) is 10.7. The molecule has 0 unspecified atom stereocenters. The minimum absolute atomic E-state index is 0.0135. The molecule has 5 rings (SSSR count). The highest BCUT2D eigenvalue weighted by Crippen LogP contribution is 2.41. The molecular weight excluding hydrogens is 276 g/mol. The van der Waals surface area contributed by atoms with Gasteiger partial charge in [0.05, 0.1) is 0 Å². The van der Waals surface area contributed by atoms with Gasteiger partial charge in [-0.15, -0.1) is 0 Å². The summed E-state index contributed by atoms with van der Waals surface area (Å²) in [5.74, 6) is 1.10. The molecule has 0 atom stereocenters. The van der Waals surface area contributed by atoms with E-state index in [1.165, 1.54) is 0 Å². The summed E-state index contributed by atoms with van der Waals surface area (Å²) in [6.45, 7) is 2.06. The van der Waals surface area contributed by atoms with Crippen LogP contribution < -0.4 is 4.57 Å². The largest absolute Gasteiger partial charge is 0.284 e. The Morgan fingerprint density at radius 3 is 2.23 bits per heavy atom. The van der Waals surface area contributed by atoms with E-state index in [2.05, 4.69) is 16.1 Å². The molecule has 4 nitrogen and oxygen atoms in total. The van der Waals surface area contributed by atoms with Crippen LogP contribution in [0.2, 0.25) is 0 Å². The summed E-state index contributed by atoms with van der Waals surface area (Å²) in [5.41, 5.74) is 2.39. The van der Waals surface area contributed by atoms with Gasteiger partial charge in [0.25, 0.3) is 5.82 Å². The van der Waals surface area contributed by atoms with E-state index in [0.717, 1.165) is 31.5 Å². The number of nitrogens with zero attached hydrogens (tertiary/aromatic N) is 2. The van der Waals surface area contributed by atoms with Crippen LogP contribution in [0.1, 0.15) is 75.7 Å². The molecule has 2 aromatic rings. The van der Waals surface area contributed by atoms with E-state index < -0.39 is 0 Å². The molecule has 1 aromatic heterocycles. The molecule has 0 spiro atoms. The van der Waals surface area contributed by atoms with Gasteiger partial charge in [-0.1, -0.05) is 24.3 Å². The zero-order chi connectivity index (χ0) is 15.0. The van der Waals surface area contributed by atoms with Gasteiger partial charge in [0.1, 0.15) is 12.1 Å². The highest BCUT2D eigenvalue weighted by Gasteiger charge is 2.49. The Hall–Kier alpha value is -2.23. The number of imidazole rings is 1. The minimum Gasteiger partial charge on any atom is -0.284 e. The van der Waals surface area contributed by atoms with Crippen LogP contribution in [0, 0.1) is 6.92 Å². The number of carbonyl (C=O) groups is 2. The standard InChI is InChI=1S/C18H17N2O2/c1-10-19(11-6-7-11)15-16(20(10)12-8-9-12)18(22)14-5-3-2-4-13(14)17(15)21/h2-5,11-12H,6-9H2,1H3/q+1. The zero-order valence-electron chi connectivity index (χ0n) is 12.5. The molecule has 0 bridgehead atoms. The van der Waals surface area contributed by atoms with Gasteiger partial charge in [0.2, 0.25) is 23.0 Å². The van der Waals surface area contributed by atoms with Crippen molar-refractivity contribution in [3.63, 3.8) is 0 Å². The van der Waals surface area contributed by atoms with Crippen LogP contribution >= 0.6 is 0 Å². The predicted molar refractivity (Wildman–Crippen MR) is 79.2 cm³/mol. The molecule has 2 fully saturated rings. The third-order valence-corrected chi connectivity index (χ3v) is 5.07. The van der Waals surface area contributed by atoms with Gasteiger partial charge in [0, 0.05) is 18.1 Å². The Morgan fingerprint density at radius 1 is 1.00 bits per heavy atom. The van der Waals surface area contributed by atoms with Crippen molar-refractivity contribution in [3.8, 4) is 0 Å². The van der Waals surface area contributed by atoms with Crippen LogP contribution in [-0.2, 0) is 0 Å². The average molecular weight is 293 g/mol. The van der Waals surface area contributed by atoms with Gasteiger partial charge in [-0.2, -0.15) is 0 Å². The lowest BCUT2D eigenvalue weighted by atomic mass is 9.90. The lowest BCUT2D eigenvalue weighted by molar-refractivity contribution is -0.707. The number of hydrogen-bond donors (Lipinski definition) is 0. The molecule has 3 aliphatic rings. The Bertz CT molecular complexity index is 786. The minimum atomic E-state index is 0.0135. The van der Waals surface area contributed by atoms with Crippen molar-refractivity contribution in [3.05, 3.63) is 52.6 Å². The summed E-state index contributed by atoms with van der Waals surface area (Å²) in [5, 5.41) is 0. The van der Waals surface area contributed by atoms with E-state index in [0.29, 0.717) is 34.6 Å². The van der Waals surface area contributed by atoms with E-state index in [1.54, 1.807) is 12.1 Å². The monoisotopic (exact) mass is 293 g/mol. The van der Waals surface area contributed by atoms with Crippen LogP contribution in [0.25, 0.3) is 0 Å². The van der Waals surface area contributed by atoms with Gasteiger partial charge < -0.3 is 0 Å². The first-order valence-corrected chi connectivity index (χ1v) is 8.03. The SMILES string of the molecule is Cc1n(C2CC2)c2c([n+]1C1CC1)C(=O)c1ccccc1C2=O. The fourth-order valence-corrected chi connectivity index (χ4v) is 3.80. The fraction of sp³-hybridized carbons (Fsp3) is 0.389. The number of carbonyl (C=O) groups excluding carboxylic acids is 2. The predicted octanol–water partition coefficient (Wildman–Crippen LogP) is 2.53. The molecule has 1 aromatic carbocycles. The number of fused-ring (bicyclic) bond motifs is 2. The third kappa shape index (κ3) is 1.45. The number of hydrogen-bond acceptors (Lipinski definition) is 2. The number of aromatic nitrogens is 2. The van der Waals surface area contributed by atoms with Gasteiger partial charge in [0.15, 0.2) is 0 Å². The van der Waals surface area contributed by atoms with Crippen molar-refractivity contribution < 1.29 is 14.2 Å². The van der Waals surface area contributed by atoms with Gasteiger partial charge in [-0.25, -0.2) is 9.13 Å². The first kappa shape index (κ1) is 12.3. The highest BCUT2D eigenvalue weighted by atomic mass is 16.1. The second-order valence-electron chi connectivity index (χ2n) is 6.65. The summed E-state index contributed by atoms with van der Waals surface area (Å²) in [4.78, 5) is 26.1. The maximum atomic E-state index is 13.0. The molecule has 0 radical (unpaired) electrons. The first-order valence-electron chi connectivity index (χ1n) is 8.03. The van der Waals surface area contributed by atoms with Crippen LogP contribution in [0.15, 0.2) is 24.3 Å². The summed E-state index contributed by atoms with van der Waals surface area (Å²) >= 11 is 0.